The largest absolute Gasteiger partial charge is 0.493 e. The molecule has 0 radical (unpaired) electrons. The number of thiazole rings is 1. The quantitative estimate of drug-likeness (QED) is 0.122. The summed E-state index contributed by atoms with van der Waals surface area (Å²) in [4.78, 5) is 43.0. The highest BCUT2D eigenvalue weighted by molar-refractivity contribution is 9.10. The number of aromatic nitrogens is 1. The Bertz CT molecular complexity index is 2010. The number of furan rings is 1. The van der Waals surface area contributed by atoms with Gasteiger partial charge in [-0.1, -0.05) is 38.9 Å². The lowest BCUT2D eigenvalue weighted by Gasteiger charge is -2.26. The van der Waals surface area contributed by atoms with E-state index in [1.165, 1.54) is 29.9 Å². The number of fused-ring (bicyclic) bond motifs is 1. The highest BCUT2D eigenvalue weighted by Gasteiger charge is 2.35. The number of allylic oxidation sites excluding steroid dienone is 1. The van der Waals surface area contributed by atoms with Crippen LogP contribution >= 0.6 is 38.9 Å². The molecule has 11 nitrogen and oxygen atoms in total. The minimum absolute atomic E-state index is 0.135. The van der Waals surface area contributed by atoms with Gasteiger partial charge in [-0.3, -0.25) is 19.5 Å². The zero-order valence-electron chi connectivity index (χ0n) is 23.9. The van der Waals surface area contributed by atoms with E-state index in [9.17, 15) is 19.7 Å². The lowest BCUT2D eigenvalue weighted by molar-refractivity contribution is -0.384. The molecule has 0 N–H and O–H groups in total. The summed E-state index contributed by atoms with van der Waals surface area (Å²) in [6.07, 6.45) is 1.55. The summed E-state index contributed by atoms with van der Waals surface area (Å²) in [5.74, 6) is 0.926. The monoisotopic (exact) mass is 701 g/mol. The van der Waals surface area contributed by atoms with Gasteiger partial charge in [-0.25, -0.2) is 9.79 Å². The van der Waals surface area contributed by atoms with E-state index in [0.29, 0.717) is 55.7 Å². The van der Waals surface area contributed by atoms with Crippen molar-refractivity contribution in [1.29, 1.82) is 0 Å². The van der Waals surface area contributed by atoms with E-state index >= 15 is 0 Å². The Hall–Kier alpha value is -4.20. The van der Waals surface area contributed by atoms with Crippen molar-refractivity contribution in [1.82, 2.24) is 4.57 Å². The number of nitrogens with zero attached hydrogens (tertiary/aromatic N) is 3. The second kappa shape index (κ2) is 12.8. The maximum atomic E-state index is 14.0. The molecule has 3 heterocycles. The van der Waals surface area contributed by atoms with Gasteiger partial charge in [0.1, 0.15) is 11.5 Å². The van der Waals surface area contributed by atoms with Gasteiger partial charge in [0.2, 0.25) is 0 Å². The average molecular weight is 703 g/mol. The van der Waals surface area contributed by atoms with Crippen molar-refractivity contribution in [2.75, 3.05) is 20.3 Å². The van der Waals surface area contributed by atoms with Gasteiger partial charge in [0.05, 0.1) is 52.1 Å². The van der Waals surface area contributed by atoms with Crippen LogP contribution in [0.1, 0.15) is 38.1 Å². The molecule has 0 aliphatic carbocycles. The number of esters is 1. The fraction of sp³-hybridized carbons (Fsp3) is 0.233. The SMILES string of the molecule is CCOC(=O)C1=C(C)N=c2s/c(=C/c3ccc(-c4cc([N+](=O)[O-])ccc4Cl)o3)c(=O)n2[C@H]1c1cc(OC)c(OCC)cc1Br. The number of rotatable bonds is 9. The zero-order chi connectivity index (χ0) is 31.7. The van der Waals surface area contributed by atoms with Crippen LogP contribution in [0.5, 0.6) is 11.5 Å². The molecule has 0 fully saturated rings. The van der Waals surface area contributed by atoms with E-state index < -0.39 is 22.5 Å². The van der Waals surface area contributed by atoms with Crippen molar-refractivity contribution in [3.05, 3.63) is 104 Å². The molecule has 0 unspecified atom stereocenters. The summed E-state index contributed by atoms with van der Waals surface area (Å²) in [5, 5.41) is 11.5. The van der Waals surface area contributed by atoms with Crippen LogP contribution in [0, 0.1) is 10.1 Å². The van der Waals surface area contributed by atoms with Crippen LogP contribution in [0.3, 0.4) is 0 Å². The molecule has 0 amide bonds. The highest BCUT2D eigenvalue weighted by atomic mass is 79.9. The molecule has 44 heavy (non-hydrogen) atoms. The number of ether oxygens (including phenoxy) is 3. The second-order valence-corrected chi connectivity index (χ2v) is 11.7. The summed E-state index contributed by atoms with van der Waals surface area (Å²) < 4.78 is 24.9. The number of hydrogen-bond donors (Lipinski definition) is 0. The third-order valence-electron chi connectivity index (χ3n) is 6.72. The maximum absolute atomic E-state index is 14.0. The summed E-state index contributed by atoms with van der Waals surface area (Å²) in [6, 6.07) is 9.84. The Balaban J connectivity index is 1.67. The molecule has 4 aromatic rings. The number of nitro groups is 1. The molecule has 0 saturated carbocycles. The third kappa shape index (κ3) is 5.82. The normalized spacial score (nSPS) is 14.7. The smallest absolute Gasteiger partial charge is 0.338 e. The number of carbonyl (C=O) groups is 1. The second-order valence-electron chi connectivity index (χ2n) is 9.38. The molecule has 1 aliphatic heterocycles. The summed E-state index contributed by atoms with van der Waals surface area (Å²) in [5.41, 5.74) is 0.960. The molecule has 2 aromatic carbocycles. The van der Waals surface area contributed by atoms with Crippen LogP contribution in [0.2, 0.25) is 5.02 Å². The molecule has 14 heteroatoms. The van der Waals surface area contributed by atoms with Gasteiger partial charge in [0, 0.05) is 28.2 Å². The first-order chi connectivity index (χ1) is 21.1. The van der Waals surface area contributed by atoms with Gasteiger partial charge >= 0.3 is 5.97 Å². The van der Waals surface area contributed by atoms with Crippen LogP contribution in [-0.2, 0) is 9.53 Å². The Morgan fingerprint density at radius 1 is 1.20 bits per heavy atom. The van der Waals surface area contributed by atoms with Gasteiger partial charge < -0.3 is 18.6 Å². The number of methoxy groups -OCH3 is 1. The Labute approximate surface area is 267 Å². The molecule has 1 aliphatic rings. The van der Waals surface area contributed by atoms with E-state index in [2.05, 4.69) is 20.9 Å². The van der Waals surface area contributed by atoms with Crippen LogP contribution in [0.4, 0.5) is 5.69 Å². The summed E-state index contributed by atoms with van der Waals surface area (Å²) in [6.45, 7) is 5.79. The third-order valence-corrected chi connectivity index (χ3v) is 8.72. The molecule has 1 atom stereocenters. The molecule has 228 valence electrons. The lowest BCUT2D eigenvalue weighted by atomic mass is 9.95. The van der Waals surface area contributed by atoms with E-state index in [0.717, 1.165) is 11.3 Å². The minimum Gasteiger partial charge on any atom is -0.493 e. The van der Waals surface area contributed by atoms with Gasteiger partial charge in [-0.15, -0.1) is 0 Å². The first kappa shape index (κ1) is 31.2. The zero-order valence-corrected chi connectivity index (χ0v) is 27.0. The Kier molecular flexibility index (Phi) is 9.09. The van der Waals surface area contributed by atoms with Crippen molar-refractivity contribution < 1.29 is 28.3 Å². The fourth-order valence-corrected chi connectivity index (χ4v) is 6.57. The number of hydrogen-bond acceptors (Lipinski definition) is 10. The number of benzene rings is 2. The molecular weight excluding hydrogens is 678 g/mol. The molecule has 0 spiro atoms. The van der Waals surface area contributed by atoms with Crippen LogP contribution in [0.15, 0.2) is 72.4 Å². The van der Waals surface area contributed by atoms with Gasteiger partial charge in [0.15, 0.2) is 16.3 Å². The number of carbonyl (C=O) groups excluding carboxylic acids is 1. The predicted molar refractivity (Wildman–Crippen MR) is 168 cm³/mol. The Morgan fingerprint density at radius 3 is 2.66 bits per heavy atom. The van der Waals surface area contributed by atoms with Crippen LogP contribution in [0.25, 0.3) is 17.4 Å². The van der Waals surface area contributed by atoms with Gasteiger partial charge in [-0.05, 0) is 56.7 Å². The first-order valence-electron chi connectivity index (χ1n) is 13.3. The number of halogens is 2. The van der Waals surface area contributed by atoms with Crippen molar-refractivity contribution in [3.8, 4) is 22.8 Å². The van der Waals surface area contributed by atoms with E-state index in [4.69, 9.17) is 30.2 Å². The first-order valence-corrected chi connectivity index (χ1v) is 15.3. The number of nitro benzene ring substituents is 1. The topological polar surface area (TPSA) is 135 Å². The van der Waals surface area contributed by atoms with Gasteiger partial charge in [0.25, 0.3) is 11.2 Å². The van der Waals surface area contributed by atoms with Crippen molar-refractivity contribution in [3.63, 3.8) is 0 Å². The molecule has 2 aromatic heterocycles. The molecule has 5 rings (SSSR count). The van der Waals surface area contributed by atoms with Crippen molar-refractivity contribution in [2.45, 2.75) is 26.8 Å². The lowest BCUT2D eigenvalue weighted by Crippen LogP contribution is -2.40. The summed E-state index contributed by atoms with van der Waals surface area (Å²) >= 11 is 11.0. The fourth-order valence-electron chi connectivity index (χ4n) is 4.79. The molecule has 0 bridgehead atoms. The maximum Gasteiger partial charge on any atom is 0.338 e. The van der Waals surface area contributed by atoms with Crippen molar-refractivity contribution >= 4 is 56.6 Å². The molecular formula is C30H25BrClN3O8S. The predicted octanol–water partition coefficient (Wildman–Crippen LogP) is 5.79. The highest BCUT2D eigenvalue weighted by Crippen LogP contribution is 2.41. The van der Waals surface area contributed by atoms with Gasteiger partial charge in [-0.2, -0.15) is 0 Å². The summed E-state index contributed by atoms with van der Waals surface area (Å²) in [7, 11) is 1.51. The number of non-ortho nitro benzene ring substituents is 1. The van der Waals surface area contributed by atoms with Crippen molar-refractivity contribution in [2.24, 2.45) is 4.99 Å². The average Bonchev–Trinajstić information content (AvgIpc) is 3.57. The van der Waals surface area contributed by atoms with Crippen LogP contribution < -0.4 is 24.4 Å². The van der Waals surface area contributed by atoms with E-state index in [1.807, 2.05) is 6.92 Å². The molecule has 0 saturated heterocycles. The van der Waals surface area contributed by atoms with Crippen LogP contribution in [-0.4, -0.2) is 35.8 Å². The minimum atomic E-state index is -0.901. The standard InChI is InChI=1S/C30H25BrClN3O8S/c1-5-41-24-14-20(31)18(13-23(24)40-4)27-26(29(37)42-6-2)15(3)33-30-34(27)28(36)25(44-30)12-17-8-10-22(43-17)19-11-16(35(38)39)7-9-21(19)32/h7-14,27H,5-6H2,1-4H3/b25-12+/t27-/m0/s1. The Morgan fingerprint density at radius 2 is 1.98 bits per heavy atom. The van der Waals surface area contributed by atoms with E-state index in [-0.39, 0.29) is 27.4 Å². The van der Waals surface area contributed by atoms with E-state index in [1.54, 1.807) is 44.2 Å².